The maximum absolute atomic E-state index is 13.8. The van der Waals surface area contributed by atoms with Crippen molar-refractivity contribution in [3.63, 3.8) is 0 Å². The van der Waals surface area contributed by atoms with E-state index in [1.807, 2.05) is 48.5 Å². The lowest BCUT2D eigenvalue weighted by atomic mass is 9.99. The molecule has 204 valence electrons. The number of carbonyl (C=O) groups is 1. The Morgan fingerprint density at radius 2 is 1.80 bits per heavy atom. The second kappa shape index (κ2) is 10.6. The first kappa shape index (κ1) is 26.4. The summed E-state index contributed by atoms with van der Waals surface area (Å²) in [5.74, 6) is -0.681. The smallest absolute Gasteiger partial charge is 0.332 e. The fourth-order valence-electron chi connectivity index (χ4n) is 5.00. The van der Waals surface area contributed by atoms with Crippen LogP contribution in [0.5, 0.6) is 5.75 Å². The summed E-state index contributed by atoms with van der Waals surface area (Å²) < 4.78 is 21.4. The Morgan fingerprint density at radius 1 is 1.05 bits per heavy atom. The van der Waals surface area contributed by atoms with Crippen LogP contribution in [-0.4, -0.2) is 22.0 Å². The number of nitriles is 1. The molecule has 3 aromatic carbocycles. The molecule has 1 saturated carbocycles. The zero-order valence-electron chi connectivity index (χ0n) is 22.1. The molecule has 41 heavy (non-hydrogen) atoms. The van der Waals surface area contributed by atoms with Gasteiger partial charge in [0.2, 0.25) is 0 Å². The molecule has 0 radical (unpaired) electrons. The monoisotopic (exact) mass is 565 g/mol. The quantitative estimate of drug-likeness (QED) is 0.224. The van der Waals surface area contributed by atoms with E-state index in [1.54, 1.807) is 10.6 Å². The van der Waals surface area contributed by atoms with Gasteiger partial charge in [-0.3, -0.25) is 18.7 Å². The van der Waals surface area contributed by atoms with Crippen molar-refractivity contribution in [3.05, 3.63) is 121 Å². The molecule has 1 fully saturated rings. The summed E-state index contributed by atoms with van der Waals surface area (Å²) in [5.41, 5.74) is 2.05. The summed E-state index contributed by atoms with van der Waals surface area (Å²) in [4.78, 5) is 42.2. The van der Waals surface area contributed by atoms with Crippen LogP contribution in [0.2, 0.25) is 0 Å². The SMILES string of the molecule is COc1cc(F)ccc1C(=O)Cn1c(=O)c2cc(C3CC3)sc2n(Cc2ccc(-c3ccccc3C#N)cc2)c1=O. The number of ether oxygens (including phenoxy) is 1. The Balaban J connectivity index is 1.41. The molecule has 5 aromatic rings. The minimum Gasteiger partial charge on any atom is -0.496 e. The number of nitrogens with zero attached hydrogens (tertiary/aromatic N) is 3. The molecule has 6 rings (SSSR count). The lowest BCUT2D eigenvalue weighted by Crippen LogP contribution is -2.41. The molecular weight excluding hydrogens is 541 g/mol. The summed E-state index contributed by atoms with van der Waals surface area (Å²) in [7, 11) is 1.33. The van der Waals surface area contributed by atoms with Gasteiger partial charge < -0.3 is 4.74 Å². The highest BCUT2D eigenvalue weighted by Crippen LogP contribution is 2.44. The summed E-state index contributed by atoms with van der Waals surface area (Å²) in [5, 5.41) is 9.87. The number of ketones is 1. The van der Waals surface area contributed by atoms with Crippen molar-refractivity contribution in [1.82, 2.24) is 9.13 Å². The first-order valence-corrected chi connectivity index (χ1v) is 13.9. The third-order valence-electron chi connectivity index (χ3n) is 7.31. The molecule has 0 N–H and O–H groups in total. The maximum Gasteiger partial charge on any atom is 0.332 e. The van der Waals surface area contributed by atoms with Crippen molar-refractivity contribution < 1.29 is 13.9 Å². The number of hydrogen-bond acceptors (Lipinski definition) is 6. The lowest BCUT2D eigenvalue weighted by molar-refractivity contribution is 0.0966. The number of hydrogen-bond donors (Lipinski definition) is 0. The highest BCUT2D eigenvalue weighted by Gasteiger charge is 2.28. The molecule has 2 heterocycles. The van der Waals surface area contributed by atoms with Crippen LogP contribution >= 0.6 is 11.3 Å². The van der Waals surface area contributed by atoms with Crippen LogP contribution in [0.4, 0.5) is 4.39 Å². The molecule has 0 aliphatic heterocycles. The average Bonchev–Trinajstić information content (AvgIpc) is 3.75. The number of carbonyl (C=O) groups excluding carboxylic acids is 1. The minimum atomic E-state index is -0.597. The van der Waals surface area contributed by atoms with Crippen LogP contribution in [0.3, 0.4) is 0 Å². The van der Waals surface area contributed by atoms with Crippen LogP contribution in [0, 0.1) is 17.1 Å². The molecule has 0 atom stereocenters. The Kier molecular flexibility index (Phi) is 6.85. The Labute approximate surface area is 238 Å². The molecule has 9 heteroatoms. The normalized spacial score (nSPS) is 12.8. The van der Waals surface area contributed by atoms with E-state index < -0.39 is 29.4 Å². The van der Waals surface area contributed by atoms with Gasteiger partial charge in [-0.15, -0.1) is 11.3 Å². The van der Waals surface area contributed by atoms with E-state index in [0.717, 1.165) is 51.1 Å². The molecule has 0 amide bonds. The number of halogens is 1. The zero-order valence-corrected chi connectivity index (χ0v) is 22.9. The van der Waals surface area contributed by atoms with Gasteiger partial charge in [0.25, 0.3) is 5.56 Å². The van der Waals surface area contributed by atoms with Gasteiger partial charge in [0.1, 0.15) is 16.4 Å². The van der Waals surface area contributed by atoms with Crippen LogP contribution < -0.4 is 16.0 Å². The van der Waals surface area contributed by atoms with Crippen molar-refractivity contribution >= 4 is 27.3 Å². The standard InChI is InChI=1S/C32H24FN3O4S/c1-40-28-14-23(33)12-13-25(28)27(37)18-35-30(38)26-15-29(21-10-11-21)41-31(26)36(32(35)39)17-19-6-8-20(9-7-19)24-5-3-2-4-22(24)16-34/h2-9,12-15,21H,10-11,17-18H2,1H3. The molecule has 1 aliphatic carbocycles. The van der Waals surface area contributed by atoms with Crippen LogP contribution in [0.25, 0.3) is 21.3 Å². The second-order valence-electron chi connectivity index (χ2n) is 10.0. The highest BCUT2D eigenvalue weighted by molar-refractivity contribution is 7.18. The Morgan fingerprint density at radius 3 is 2.51 bits per heavy atom. The molecule has 1 aliphatic rings. The van der Waals surface area contributed by atoms with Crippen molar-refractivity contribution in [1.29, 1.82) is 5.26 Å². The predicted octanol–water partition coefficient (Wildman–Crippen LogP) is 5.72. The van der Waals surface area contributed by atoms with Crippen molar-refractivity contribution in [2.24, 2.45) is 0 Å². The van der Waals surface area contributed by atoms with Gasteiger partial charge in [0, 0.05) is 10.9 Å². The number of fused-ring (bicyclic) bond motifs is 1. The topological polar surface area (TPSA) is 94.1 Å². The molecule has 0 saturated heterocycles. The van der Waals surface area contributed by atoms with E-state index in [2.05, 4.69) is 6.07 Å². The second-order valence-corrected chi connectivity index (χ2v) is 11.1. The van der Waals surface area contributed by atoms with Gasteiger partial charge in [-0.25, -0.2) is 9.18 Å². The van der Waals surface area contributed by atoms with Gasteiger partial charge in [-0.1, -0.05) is 42.5 Å². The fourth-order valence-corrected chi connectivity index (χ4v) is 6.31. The van der Waals surface area contributed by atoms with Crippen molar-refractivity contribution in [2.45, 2.75) is 31.8 Å². The summed E-state index contributed by atoms with van der Waals surface area (Å²) in [6, 6.07) is 22.5. The van der Waals surface area contributed by atoms with Crippen LogP contribution in [0.15, 0.2) is 82.4 Å². The third-order valence-corrected chi connectivity index (χ3v) is 8.63. The minimum absolute atomic E-state index is 0.0362. The molecule has 0 unspecified atom stereocenters. The van der Waals surface area contributed by atoms with Crippen molar-refractivity contribution in [3.8, 4) is 22.9 Å². The summed E-state index contributed by atoms with van der Waals surface area (Å²) in [6.45, 7) is -0.317. The van der Waals surface area contributed by atoms with Gasteiger partial charge >= 0.3 is 5.69 Å². The molecule has 0 spiro atoms. The number of rotatable bonds is 8. The Bertz CT molecular complexity index is 1980. The molecule has 7 nitrogen and oxygen atoms in total. The summed E-state index contributed by atoms with van der Waals surface area (Å²) in [6.07, 6.45) is 2.08. The van der Waals surface area contributed by atoms with E-state index >= 15 is 0 Å². The number of Topliss-reactive ketones (excluding diaryl/α,β-unsaturated/α-hetero) is 1. The van der Waals surface area contributed by atoms with Gasteiger partial charge in [0.05, 0.1) is 42.8 Å². The zero-order chi connectivity index (χ0) is 28.7. The van der Waals surface area contributed by atoms with E-state index in [1.165, 1.54) is 24.5 Å². The molecule has 2 aromatic heterocycles. The molecular formula is C32H24FN3O4S. The Hall–Kier alpha value is -4.81. The van der Waals surface area contributed by atoms with Crippen molar-refractivity contribution in [2.75, 3.05) is 7.11 Å². The van der Waals surface area contributed by atoms with E-state index in [9.17, 15) is 24.0 Å². The fraction of sp³-hybridized carbons (Fsp3) is 0.188. The van der Waals surface area contributed by atoms with Gasteiger partial charge in [-0.05, 0) is 59.7 Å². The first-order valence-electron chi connectivity index (χ1n) is 13.1. The lowest BCUT2D eigenvalue weighted by Gasteiger charge is -2.13. The van der Waals surface area contributed by atoms with E-state index in [-0.39, 0.29) is 17.9 Å². The van der Waals surface area contributed by atoms with Gasteiger partial charge in [-0.2, -0.15) is 5.26 Å². The average molecular weight is 566 g/mol. The number of methoxy groups -OCH3 is 1. The molecule has 0 bridgehead atoms. The van der Waals surface area contributed by atoms with E-state index in [4.69, 9.17) is 4.74 Å². The van der Waals surface area contributed by atoms with Gasteiger partial charge in [0.15, 0.2) is 5.78 Å². The highest BCUT2D eigenvalue weighted by atomic mass is 32.1. The number of benzene rings is 3. The summed E-state index contributed by atoms with van der Waals surface area (Å²) >= 11 is 1.45. The predicted molar refractivity (Wildman–Crippen MR) is 155 cm³/mol. The first-order chi connectivity index (χ1) is 19.9. The number of thiophene rings is 1. The largest absolute Gasteiger partial charge is 0.496 e. The van der Waals surface area contributed by atoms with Crippen LogP contribution in [0.1, 0.15) is 45.1 Å². The third kappa shape index (κ3) is 4.98. The van der Waals surface area contributed by atoms with Crippen LogP contribution in [-0.2, 0) is 13.1 Å². The number of aromatic nitrogens is 2. The maximum atomic E-state index is 13.8. The van der Waals surface area contributed by atoms with E-state index in [0.29, 0.717) is 21.7 Å².